The number of nitrogens with one attached hydrogen (secondary N) is 1. The molecule has 0 aromatic carbocycles. The molecule has 1 aromatic heterocycles. The molecule has 5 rings (SSSR count). The summed E-state index contributed by atoms with van der Waals surface area (Å²) in [6.07, 6.45) is 0.971. The fourth-order valence-corrected chi connectivity index (χ4v) is 5.48. The Bertz CT molecular complexity index is 843. The lowest BCUT2D eigenvalue weighted by Gasteiger charge is -2.60. The van der Waals surface area contributed by atoms with Crippen molar-refractivity contribution < 1.29 is 27.5 Å². The SMILES string of the molecule is O=C1CO[C@H]2CCN(C(=O)N3CC4(CC(Cc5cnn(C(F)(F)F)c5)C4)C3)C[C@H]2N1. The highest BCUT2D eigenvalue weighted by atomic mass is 19.4. The Morgan fingerprint density at radius 3 is 2.77 bits per heavy atom. The number of ether oxygens (including phenoxy) is 1. The van der Waals surface area contributed by atoms with E-state index in [0.717, 1.165) is 19.0 Å². The molecule has 1 N–H and O–H groups in total. The number of alkyl halides is 3. The van der Waals surface area contributed by atoms with Crippen LogP contribution in [0.4, 0.5) is 18.0 Å². The molecule has 1 aromatic rings. The van der Waals surface area contributed by atoms with Crippen LogP contribution in [-0.4, -0.2) is 76.5 Å². The minimum atomic E-state index is -4.48. The van der Waals surface area contributed by atoms with Gasteiger partial charge in [-0.1, -0.05) is 0 Å². The number of piperidine rings is 1. The normalized spacial score (nSPS) is 28.6. The zero-order valence-electron chi connectivity index (χ0n) is 16.4. The van der Waals surface area contributed by atoms with Crippen LogP contribution in [0.3, 0.4) is 0 Å². The van der Waals surface area contributed by atoms with Gasteiger partial charge in [-0.15, -0.1) is 13.2 Å². The van der Waals surface area contributed by atoms with E-state index in [9.17, 15) is 22.8 Å². The van der Waals surface area contributed by atoms with Crippen molar-refractivity contribution in [1.29, 1.82) is 0 Å². The number of morpholine rings is 1. The van der Waals surface area contributed by atoms with E-state index in [-0.39, 0.29) is 40.8 Å². The van der Waals surface area contributed by atoms with Crippen molar-refractivity contribution in [2.75, 3.05) is 32.8 Å². The second-order valence-corrected chi connectivity index (χ2v) is 9.14. The molecule has 1 saturated carbocycles. The molecule has 11 heteroatoms. The number of carbonyl (C=O) groups is 2. The minimum Gasteiger partial charge on any atom is -0.366 e. The van der Waals surface area contributed by atoms with Crippen molar-refractivity contribution in [3.8, 4) is 0 Å². The molecule has 8 nitrogen and oxygen atoms in total. The third-order valence-corrected chi connectivity index (χ3v) is 6.78. The van der Waals surface area contributed by atoms with Crippen LogP contribution in [-0.2, 0) is 22.3 Å². The van der Waals surface area contributed by atoms with E-state index in [4.69, 9.17) is 4.74 Å². The Hall–Kier alpha value is -2.30. The molecule has 4 heterocycles. The summed E-state index contributed by atoms with van der Waals surface area (Å²) < 4.78 is 43.5. The number of fused-ring (bicyclic) bond motifs is 1. The monoisotopic (exact) mass is 427 g/mol. The van der Waals surface area contributed by atoms with Crippen molar-refractivity contribution in [3.63, 3.8) is 0 Å². The average molecular weight is 427 g/mol. The highest BCUT2D eigenvalue weighted by Crippen LogP contribution is 2.53. The molecule has 164 valence electrons. The van der Waals surface area contributed by atoms with Gasteiger partial charge in [-0.3, -0.25) is 4.79 Å². The van der Waals surface area contributed by atoms with Crippen molar-refractivity contribution in [3.05, 3.63) is 18.0 Å². The van der Waals surface area contributed by atoms with Crippen LogP contribution in [0, 0.1) is 11.3 Å². The van der Waals surface area contributed by atoms with Crippen LogP contribution in [0.1, 0.15) is 24.8 Å². The van der Waals surface area contributed by atoms with Crippen molar-refractivity contribution >= 4 is 11.9 Å². The molecule has 30 heavy (non-hydrogen) atoms. The Morgan fingerprint density at radius 1 is 1.30 bits per heavy atom. The van der Waals surface area contributed by atoms with E-state index in [1.54, 1.807) is 4.90 Å². The maximum atomic E-state index is 12.8. The van der Waals surface area contributed by atoms with E-state index in [0.29, 0.717) is 50.5 Å². The zero-order valence-corrected chi connectivity index (χ0v) is 16.4. The first-order chi connectivity index (χ1) is 14.2. The number of amides is 3. The number of halogens is 3. The quantitative estimate of drug-likeness (QED) is 0.772. The molecule has 4 aliphatic rings. The second kappa shape index (κ2) is 6.86. The molecule has 3 saturated heterocycles. The predicted molar refractivity (Wildman–Crippen MR) is 97.2 cm³/mol. The van der Waals surface area contributed by atoms with E-state index in [1.165, 1.54) is 6.20 Å². The largest absolute Gasteiger partial charge is 0.504 e. The Morgan fingerprint density at radius 2 is 2.07 bits per heavy atom. The van der Waals surface area contributed by atoms with Crippen LogP contribution in [0.5, 0.6) is 0 Å². The van der Waals surface area contributed by atoms with Gasteiger partial charge in [0.25, 0.3) is 0 Å². The van der Waals surface area contributed by atoms with E-state index in [2.05, 4.69) is 10.4 Å². The fourth-order valence-electron chi connectivity index (χ4n) is 5.48. The van der Waals surface area contributed by atoms with Gasteiger partial charge < -0.3 is 19.9 Å². The highest BCUT2D eigenvalue weighted by Gasteiger charge is 2.54. The number of hydrogen-bond acceptors (Lipinski definition) is 4. The van der Waals surface area contributed by atoms with Crippen molar-refractivity contribution in [2.24, 2.45) is 11.3 Å². The number of aromatic nitrogens is 2. The predicted octanol–water partition coefficient (Wildman–Crippen LogP) is 1.32. The summed E-state index contributed by atoms with van der Waals surface area (Å²) in [7, 11) is 0. The lowest BCUT2D eigenvalue weighted by molar-refractivity contribution is -0.212. The standard InChI is InChI=1S/C19H24F3N5O3/c20-19(21,22)27-7-13(6-23-27)3-12-4-18(5-12)10-26(11-18)17(29)25-2-1-15-14(8-25)24-16(28)9-30-15/h6-7,12,14-15H,1-5,8-11H2,(H,24,28)/t14-,15+/m1/s1. The molecule has 3 amide bonds. The van der Waals surface area contributed by atoms with Crippen LogP contribution < -0.4 is 5.32 Å². The molecule has 1 spiro atoms. The first kappa shape index (κ1) is 19.7. The molecule has 0 bridgehead atoms. The van der Waals surface area contributed by atoms with Gasteiger partial charge in [0.05, 0.1) is 18.3 Å². The van der Waals surface area contributed by atoms with Gasteiger partial charge in [-0.2, -0.15) is 9.78 Å². The minimum absolute atomic E-state index is 0.00574. The molecule has 1 aliphatic carbocycles. The molecule has 2 atom stereocenters. The van der Waals surface area contributed by atoms with Gasteiger partial charge in [0.2, 0.25) is 5.91 Å². The Kier molecular flexibility index (Phi) is 4.49. The number of likely N-dealkylation sites (tertiary alicyclic amines) is 2. The van der Waals surface area contributed by atoms with Crippen molar-refractivity contribution in [2.45, 2.75) is 44.1 Å². The number of nitrogens with zero attached hydrogens (tertiary/aromatic N) is 4. The summed E-state index contributed by atoms with van der Waals surface area (Å²) in [5.41, 5.74) is 0.708. The number of hydrogen-bond donors (Lipinski definition) is 1. The van der Waals surface area contributed by atoms with Crippen LogP contribution in [0.2, 0.25) is 0 Å². The third kappa shape index (κ3) is 3.52. The maximum Gasteiger partial charge on any atom is 0.504 e. The summed E-state index contributed by atoms with van der Waals surface area (Å²) in [5.74, 6) is 0.188. The van der Waals surface area contributed by atoms with Gasteiger partial charge in [0.15, 0.2) is 0 Å². The average Bonchev–Trinajstić information content (AvgIpc) is 3.10. The fraction of sp³-hybridized carbons (Fsp3) is 0.737. The maximum absolute atomic E-state index is 12.8. The summed E-state index contributed by atoms with van der Waals surface area (Å²) >= 11 is 0. The van der Waals surface area contributed by atoms with E-state index < -0.39 is 6.30 Å². The summed E-state index contributed by atoms with van der Waals surface area (Å²) in [6.45, 7) is 2.55. The van der Waals surface area contributed by atoms with Gasteiger partial charge in [-0.25, -0.2) is 4.79 Å². The van der Waals surface area contributed by atoms with Crippen molar-refractivity contribution in [1.82, 2.24) is 24.9 Å². The van der Waals surface area contributed by atoms with Crippen LogP contribution in [0.15, 0.2) is 12.4 Å². The first-order valence-electron chi connectivity index (χ1n) is 10.3. The van der Waals surface area contributed by atoms with Gasteiger partial charge >= 0.3 is 12.3 Å². The molecule has 4 fully saturated rings. The van der Waals surface area contributed by atoms with Crippen LogP contribution >= 0.6 is 0 Å². The zero-order chi connectivity index (χ0) is 21.1. The lowest BCUT2D eigenvalue weighted by Crippen LogP contribution is -2.68. The molecule has 0 radical (unpaired) electrons. The van der Waals surface area contributed by atoms with Gasteiger partial charge in [-0.05, 0) is 37.2 Å². The van der Waals surface area contributed by atoms with Gasteiger partial charge in [0, 0.05) is 37.8 Å². The Labute approximate surface area is 171 Å². The summed E-state index contributed by atoms with van der Waals surface area (Å²) in [6, 6.07) is -0.154. The van der Waals surface area contributed by atoms with E-state index in [1.807, 2.05) is 4.90 Å². The van der Waals surface area contributed by atoms with Gasteiger partial charge in [0.1, 0.15) is 6.61 Å². The highest BCUT2D eigenvalue weighted by molar-refractivity contribution is 5.79. The third-order valence-electron chi connectivity index (χ3n) is 6.78. The molecular weight excluding hydrogens is 403 g/mol. The molecule has 3 aliphatic heterocycles. The summed E-state index contributed by atoms with van der Waals surface area (Å²) in [5, 5.41) is 6.29. The number of carbonyl (C=O) groups excluding carboxylic acids is 2. The number of rotatable bonds is 2. The lowest BCUT2D eigenvalue weighted by atomic mass is 9.56. The summed E-state index contributed by atoms with van der Waals surface area (Å²) in [4.78, 5) is 28.0. The Balaban J connectivity index is 1.08. The smallest absolute Gasteiger partial charge is 0.366 e. The number of urea groups is 1. The van der Waals surface area contributed by atoms with E-state index >= 15 is 0 Å². The topological polar surface area (TPSA) is 79.7 Å². The van der Waals surface area contributed by atoms with Crippen LogP contribution in [0.25, 0.3) is 0 Å². The first-order valence-corrected chi connectivity index (χ1v) is 10.3. The molecule has 0 unspecified atom stereocenters. The molecular formula is C19H24F3N5O3. The second-order valence-electron chi connectivity index (χ2n) is 9.14.